The van der Waals surface area contributed by atoms with Crippen LogP contribution in [0.5, 0.6) is 0 Å². The van der Waals surface area contributed by atoms with Gasteiger partial charge in [0, 0.05) is 25.6 Å². The number of carbonyl (C=O) groups is 2. The minimum absolute atomic E-state index is 0.0728. The summed E-state index contributed by atoms with van der Waals surface area (Å²) in [6.45, 7) is 10.4. The van der Waals surface area contributed by atoms with Crippen LogP contribution in [0.25, 0.3) is 0 Å². The van der Waals surface area contributed by atoms with Crippen molar-refractivity contribution >= 4 is 11.8 Å². The van der Waals surface area contributed by atoms with Gasteiger partial charge in [0.25, 0.3) is 0 Å². The number of rotatable bonds is 7. The molecule has 2 amide bonds. The predicted molar refractivity (Wildman–Crippen MR) is 103 cm³/mol. The van der Waals surface area contributed by atoms with Crippen molar-refractivity contribution in [2.75, 3.05) is 26.2 Å². The van der Waals surface area contributed by atoms with Crippen molar-refractivity contribution in [3.8, 4) is 0 Å². The Kier molecular flexibility index (Phi) is 9.90. The molecule has 140 valence electrons. The number of hydrogen-bond donors (Lipinski definition) is 0. The summed E-state index contributed by atoms with van der Waals surface area (Å²) in [4.78, 5) is 28.5. The van der Waals surface area contributed by atoms with Gasteiger partial charge in [0.05, 0.1) is 6.54 Å². The van der Waals surface area contributed by atoms with Crippen LogP contribution in [0.3, 0.4) is 0 Å². The molecule has 1 unspecified atom stereocenters. The highest BCUT2D eigenvalue weighted by Gasteiger charge is 2.29. The fraction of sp³-hybridized carbons (Fsp3) is 0.619. The number of benzene rings is 1. The van der Waals surface area contributed by atoms with Gasteiger partial charge in [0.2, 0.25) is 11.8 Å². The first-order valence-corrected chi connectivity index (χ1v) is 9.76. The first-order valence-electron chi connectivity index (χ1n) is 9.76. The molecule has 0 radical (unpaired) electrons. The molecule has 1 aliphatic heterocycles. The van der Waals surface area contributed by atoms with Crippen LogP contribution in [0.2, 0.25) is 0 Å². The van der Waals surface area contributed by atoms with Gasteiger partial charge in [-0.2, -0.15) is 0 Å². The van der Waals surface area contributed by atoms with Gasteiger partial charge in [-0.05, 0) is 24.8 Å². The second-order valence-corrected chi connectivity index (χ2v) is 6.27. The molecular weight excluding hydrogens is 312 g/mol. The number of hydrogen-bond acceptors (Lipinski definition) is 2. The Balaban J connectivity index is 0.00000151. The van der Waals surface area contributed by atoms with Gasteiger partial charge in [0.1, 0.15) is 0 Å². The van der Waals surface area contributed by atoms with Crippen LogP contribution >= 0.6 is 0 Å². The smallest absolute Gasteiger partial charge is 0.242 e. The third-order valence-corrected chi connectivity index (χ3v) is 4.62. The van der Waals surface area contributed by atoms with Gasteiger partial charge in [-0.15, -0.1) is 0 Å². The Labute approximate surface area is 153 Å². The van der Waals surface area contributed by atoms with Crippen LogP contribution in [-0.4, -0.2) is 47.8 Å². The Morgan fingerprint density at radius 2 is 1.80 bits per heavy atom. The minimum atomic E-state index is 0.0728. The SMILES string of the molecule is CC.CCCC(CC)C(=O)N1CCN(CCc2ccccc2)C(=O)C1. The predicted octanol–water partition coefficient (Wildman–Crippen LogP) is 3.75. The van der Waals surface area contributed by atoms with E-state index in [1.165, 1.54) is 5.56 Å². The summed E-state index contributed by atoms with van der Waals surface area (Å²) < 4.78 is 0. The van der Waals surface area contributed by atoms with E-state index in [-0.39, 0.29) is 24.3 Å². The summed E-state index contributed by atoms with van der Waals surface area (Å²) in [6.07, 6.45) is 3.65. The molecule has 0 bridgehead atoms. The molecule has 1 saturated heterocycles. The second-order valence-electron chi connectivity index (χ2n) is 6.27. The van der Waals surface area contributed by atoms with E-state index in [1.54, 1.807) is 4.90 Å². The lowest BCUT2D eigenvalue weighted by Crippen LogP contribution is -2.53. The van der Waals surface area contributed by atoms with Crippen molar-refractivity contribution in [3.05, 3.63) is 35.9 Å². The first-order chi connectivity index (χ1) is 12.2. The fourth-order valence-corrected chi connectivity index (χ4v) is 3.15. The van der Waals surface area contributed by atoms with Gasteiger partial charge in [-0.1, -0.05) is 64.4 Å². The first kappa shape index (κ1) is 21.2. The molecular formula is C21H34N2O2. The number of piperazine rings is 1. The maximum atomic E-state index is 12.5. The van der Waals surface area contributed by atoms with Crippen LogP contribution in [-0.2, 0) is 16.0 Å². The lowest BCUT2D eigenvalue weighted by atomic mass is 9.98. The van der Waals surface area contributed by atoms with E-state index in [4.69, 9.17) is 0 Å². The number of amides is 2. The highest BCUT2D eigenvalue weighted by molar-refractivity contribution is 5.87. The topological polar surface area (TPSA) is 40.6 Å². The quantitative estimate of drug-likeness (QED) is 0.754. The van der Waals surface area contributed by atoms with Crippen molar-refractivity contribution in [2.24, 2.45) is 5.92 Å². The van der Waals surface area contributed by atoms with Gasteiger partial charge < -0.3 is 9.80 Å². The van der Waals surface area contributed by atoms with Crippen molar-refractivity contribution in [1.29, 1.82) is 0 Å². The second kappa shape index (κ2) is 11.7. The lowest BCUT2D eigenvalue weighted by Gasteiger charge is -2.36. The van der Waals surface area contributed by atoms with Crippen LogP contribution in [0.15, 0.2) is 30.3 Å². The van der Waals surface area contributed by atoms with Gasteiger partial charge >= 0.3 is 0 Å². The maximum Gasteiger partial charge on any atom is 0.242 e. The van der Waals surface area contributed by atoms with Crippen LogP contribution in [0, 0.1) is 5.92 Å². The summed E-state index contributed by atoms with van der Waals surface area (Å²) in [5.41, 5.74) is 1.24. The van der Waals surface area contributed by atoms with Crippen LogP contribution < -0.4 is 0 Å². The Morgan fingerprint density at radius 1 is 1.12 bits per heavy atom. The number of nitrogens with zero attached hydrogens (tertiary/aromatic N) is 2. The zero-order chi connectivity index (χ0) is 18.7. The van der Waals surface area contributed by atoms with Crippen molar-refractivity contribution in [1.82, 2.24) is 9.80 Å². The molecule has 1 aliphatic rings. The molecule has 0 spiro atoms. The van der Waals surface area contributed by atoms with Crippen molar-refractivity contribution < 1.29 is 9.59 Å². The Hall–Kier alpha value is -1.84. The summed E-state index contributed by atoms with van der Waals surface area (Å²) in [5, 5.41) is 0. The maximum absolute atomic E-state index is 12.5. The summed E-state index contributed by atoms with van der Waals surface area (Å²) in [5.74, 6) is 0.306. The monoisotopic (exact) mass is 346 g/mol. The summed E-state index contributed by atoms with van der Waals surface area (Å²) >= 11 is 0. The number of carbonyl (C=O) groups excluding carboxylic acids is 2. The van der Waals surface area contributed by atoms with E-state index in [0.717, 1.165) is 32.2 Å². The van der Waals surface area contributed by atoms with E-state index >= 15 is 0 Å². The molecule has 4 heteroatoms. The van der Waals surface area contributed by atoms with E-state index < -0.39 is 0 Å². The van der Waals surface area contributed by atoms with Crippen molar-refractivity contribution in [3.63, 3.8) is 0 Å². The molecule has 0 saturated carbocycles. The average Bonchev–Trinajstić information content (AvgIpc) is 2.67. The molecule has 4 nitrogen and oxygen atoms in total. The van der Waals surface area contributed by atoms with E-state index in [1.807, 2.05) is 36.9 Å². The molecule has 2 rings (SSSR count). The highest BCUT2D eigenvalue weighted by atomic mass is 16.2. The van der Waals surface area contributed by atoms with Crippen LogP contribution in [0.4, 0.5) is 0 Å². The molecule has 25 heavy (non-hydrogen) atoms. The zero-order valence-electron chi connectivity index (χ0n) is 16.3. The third-order valence-electron chi connectivity index (χ3n) is 4.62. The lowest BCUT2D eigenvalue weighted by molar-refractivity contribution is -0.147. The third kappa shape index (κ3) is 6.52. The Bertz CT molecular complexity index is 516. The molecule has 1 aromatic rings. The highest BCUT2D eigenvalue weighted by Crippen LogP contribution is 2.16. The van der Waals surface area contributed by atoms with E-state index in [0.29, 0.717) is 13.1 Å². The molecule has 1 heterocycles. The standard InChI is InChI=1S/C19H28N2O2.C2H6/c1-3-8-17(4-2)19(23)21-14-13-20(18(22)15-21)12-11-16-9-6-5-7-10-16;1-2/h5-7,9-10,17H,3-4,8,11-15H2,1-2H3;1-2H3. The molecule has 0 aromatic heterocycles. The summed E-state index contributed by atoms with van der Waals surface area (Å²) in [7, 11) is 0. The largest absolute Gasteiger partial charge is 0.339 e. The Morgan fingerprint density at radius 3 is 2.36 bits per heavy atom. The molecule has 0 N–H and O–H groups in total. The molecule has 0 aliphatic carbocycles. The molecule has 1 fully saturated rings. The van der Waals surface area contributed by atoms with Crippen LogP contribution in [0.1, 0.15) is 52.5 Å². The normalized spacial score (nSPS) is 15.4. The van der Waals surface area contributed by atoms with Gasteiger partial charge in [-0.25, -0.2) is 0 Å². The average molecular weight is 347 g/mol. The molecule has 1 aromatic carbocycles. The van der Waals surface area contributed by atoms with Gasteiger partial charge in [-0.3, -0.25) is 9.59 Å². The van der Waals surface area contributed by atoms with E-state index in [2.05, 4.69) is 26.0 Å². The van der Waals surface area contributed by atoms with Crippen molar-refractivity contribution in [2.45, 2.75) is 53.4 Å². The minimum Gasteiger partial charge on any atom is -0.339 e. The van der Waals surface area contributed by atoms with E-state index in [9.17, 15) is 9.59 Å². The summed E-state index contributed by atoms with van der Waals surface area (Å²) in [6, 6.07) is 10.2. The zero-order valence-corrected chi connectivity index (χ0v) is 16.3. The fourth-order valence-electron chi connectivity index (χ4n) is 3.15. The molecule has 1 atom stereocenters. The van der Waals surface area contributed by atoms with Gasteiger partial charge in [0.15, 0.2) is 0 Å².